The van der Waals surface area contributed by atoms with Gasteiger partial charge >= 0.3 is 0 Å². The molecule has 3 aromatic carbocycles. The highest BCUT2D eigenvalue weighted by Gasteiger charge is 2.17. The van der Waals surface area contributed by atoms with Gasteiger partial charge in [-0.3, -0.25) is 0 Å². The van der Waals surface area contributed by atoms with E-state index in [2.05, 4.69) is 34.2 Å². The number of nitrogens with zero attached hydrogens (tertiary/aromatic N) is 3. The maximum Gasteiger partial charge on any atom is 0.169 e. The van der Waals surface area contributed by atoms with Crippen molar-refractivity contribution < 1.29 is 13.9 Å². The van der Waals surface area contributed by atoms with Crippen LogP contribution in [0, 0.1) is 11.6 Å². The molecular formula is C27H21F2N3O. The third kappa shape index (κ3) is 4.25. The number of hydrogen-bond acceptors (Lipinski definition) is 3. The molecule has 0 aliphatic carbocycles. The summed E-state index contributed by atoms with van der Waals surface area (Å²) < 4.78 is 29.7. The van der Waals surface area contributed by atoms with Crippen LogP contribution in [0.25, 0.3) is 33.9 Å². The van der Waals surface area contributed by atoms with Crippen LogP contribution in [0.4, 0.5) is 8.78 Å². The van der Waals surface area contributed by atoms with Gasteiger partial charge in [-0.15, -0.1) is 0 Å². The fraction of sp³-hybridized carbons (Fsp3) is 0.111. The van der Waals surface area contributed by atoms with Crippen LogP contribution < -0.4 is 0 Å². The molecule has 0 saturated carbocycles. The van der Waals surface area contributed by atoms with Crippen molar-refractivity contribution in [1.29, 1.82) is 0 Å². The van der Waals surface area contributed by atoms with Crippen LogP contribution >= 0.6 is 0 Å². The van der Waals surface area contributed by atoms with Crippen molar-refractivity contribution in [2.24, 2.45) is 0 Å². The molecule has 0 aromatic heterocycles. The second-order valence-corrected chi connectivity index (χ2v) is 8.03. The van der Waals surface area contributed by atoms with E-state index in [1.54, 1.807) is 6.92 Å². The fourth-order valence-electron chi connectivity index (χ4n) is 3.81. The standard InChI is InChI=1S/C27H21F2N3O/c1-17(33)19-9-11-21(12-10-19)20-7-5-18(6-8-20)15-32-14-13-24-25(16-32)31-27(30-24)22-3-2-4-23(28)26(22)29/h2-14,16-17,33H,15H2,1H3. The Labute approximate surface area is 190 Å². The van der Waals surface area contributed by atoms with Gasteiger partial charge < -0.3 is 9.67 Å². The first-order valence-electron chi connectivity index (χ1n) is 10.6. The number of hydrogen-bond donors (Lipinski definition) is 1. The van der Waals surface area contributed by atoms with Crippen molar-refractivity contribution in [1.82, 2.24) is 14.5 Å². The summed E-state index contributed by atoms with van der Waals surface area (Å²) in [4.78, 5) is 8.75. The third-order valence-corrected chi connectivity index (χ3v) is 5.67. The molecule has 2 heterocycles. The van der Waals surface area contributed by atoms with Crippen molar-refractivity contribution in [2.45, 2.75) is 19.6 Å². The number of rotatable bonds is 5. The molecule has 0 amide bonds. The van der Waals surface area contributed by atoms with Gasteiger partial charge in [0.2, 0.25) is 0 Å². The Bertz CT molecular complexity index is 1380. The Kier molecular flexibility index (Phi) is 5.44. The molecule has 0 radical (unpaired) electrons. The molecule has 1 unspecified atom stereocenters. The molecule has 33 heavy (non-hydrogen) atoms. The molecular weight excluding hydrogens is 420 g/mol. The molecule has 2 aliphatic rings. The second-order valence-electron chi connectivity index (χ2n) is 8.03. The Morgan fingerprint density at radius 3 is 2.21 bits per heavy atom. The summed E-state index contributed by atoms with van der Waals surface area (Å²) in [5.74, 6) is -1.69. The van der Waals surface area contributed by atoms with Crippen molar-refractivity contribution >= 4 is 0 Å². The Morgan fingerprint density at radius 1 is 0.848 bits per heavy atom. The van der Waals surface area contributed by atoms with E-state index in [9.17, 15) is 13.9 Å². The molecule has 4 nitrogen and oxygen atoms in total. The smallest absolute Gasteiger partial charge is 0.169 e. The van der Waals surface area contributed by atoms with Gasteiger partial charge in [0.05, 0.1) is 17.4 Å². The molecule has 3 aromatic rings. The molecule has 0 bridgehead atoms. The molecule has 1 atom stereocenters. The average Bonchev–Trinajstić information content (AvgIpc) is 3.24. The van der Waals surface area contributed by atoms with Crippen molar-refractivity contribution in [3.63, 3.8) is 0 Å². The number of imidazole rings is 1. The number of pyridine rings is 1. The van der Waals surface area contributed by atoms with E-state index in [-0.39, 0.29) is 11.4 Å². The van der Waals surface area contributed by atoms with E-state index < -0.39 is 17.7 Å². The Morgan fingerprint density at radius 2 is 1.52 bits per heavy atom. The zero-order valence-corrected chi connectivity index (χ0v) is 17.9. The van der Waals surface area contributed by atoms with E-state index in [1.165, 1.54) is 12.1 Å². The number of halogens is 2. The predicted molar refractivity (Wildman–Crippen MR) is 124 cm³/mol. The van der Waals surface area contributed by atoms with Gasteiger partial charge in [-0.2, -0.15) is 0 Å². The lowest BCUT2D eigenvalue weighted by Crippen LogP contribution is -2.00. The molecule has 164 valence electrons. The first-order chi connectivity index (χ1) is 16.0. The number of fused-ring (bicyclic) bond motifs is 1. The van der Waals surface area contributed by atoms with Gasteiger partial charge in [0.15, 0.2) is 17.5 Å². The molecule has 6 heteroatoms. The lowest BCUT2D eigenvalue weighted by molar-refractivity contribution is 0.199. The van der Waals surface area contributed by atoms with E-state index in [4.69, 9.17) is 0 Å². The summed E-state index contributed by atoms with van der Waals surface area (Å²) in [6.45, 7) is 2.38. The summed E-state index contributed by atoms with van der Waals surface area (Å²) in [5.41, 5.74) is 5.48. The van der Waals surface area contributed by atoms with Crippen LogP contribution in [-0.4, -0.2) is 19.6 Å². The molecule has 0 spiro atoms. The molecule has 5 rings (SSSR count). The number of aromatic nitrogens is 3. The van der Waals surface area contributed by atoms with Crippen molar-refractivity contribution in [2.75, 3.05) is 0 Å². The van der Waals surface area contributed by atoms with Crippen LogP contribution in [0.2, 0.25) is 0 Å². The minimum absolute atomic E-state index is 0.0508. The van der Waals surface area contributed by atoms with Gasteiger partial charge in [0.1, 0.15) is 5.69 Å². The zero-order valence-electron chi connectivity index (χ0n) is 17.9. The van der Waals surface area contributed by atoms with Crippen molar-refractivity contribution in [3.8, 4) is 33.9 Å². The summed E-state index contributed by atoms with van der Waals surface area (Å²) in [6.07, 6.45) is 3.27. The van der Waals surface area contributed by atoms with Gasteiger partial charge in [-0.25, -0.2) is 18.7 Å². The maximum atomic E-state index is 14.1. The van der Waals surface area contributed by atoms with E-state index >= 15 is 0 Å². The van der Waals surface area contributed by atoms with E-state index in [1.807, 2.05) is 47.3 Å². The highest BCUT2D eigenvalue weighted by atomic mass is 19.2. The van der Waals surface area contributed by atoms with Gasteiger partial charge in [-0.1, -0.05) is 54.6 Å². The first-order valence-corrected chi connectivity index (χ1v) is 10.6. The van der Waals surface area contributed by atoms with Gasteiger partial charge in [-0.05, 0) is 47.4 Å². The van der Waals surface area contributed by atoms with Crippen LogP contribution in [0.3, 0.4) is 0 Å². The summed E-state index contributed by atoms with van der Waals surface area (Å²) in [7, 11) is 0. The third-order valence-electron chi connectivity index (χ3n) is 5.67. The SMILES string of the molecule is CC(O)c1ccc(-c2ccc(Cn3ccc4nc(-c5cccc(F)c5F)nc-4c3)cc2)cc1. The lowest BCUT2D eigenvalue weighted by atomic mass is 10.0. The van der Waals surface area contributed by atoms with E-state index in [0.717, 1.165) is 28.3 Å². The molecule has 2 aliphatic heterocycles. The highest BCUT2D eigenvalue weighted by molar-refractivity contribution is 5.66. The molecule has 0 fully saturated rings. The van der Waals surface area contributed by atoms with Crippen molar-refractivity contribution in [3.05, 3.63) is 108 Å². The largest absolute Gasteiger partial charge is 0.389 e. The monoisotopic (exact) mass is 441 g/mol. The summed E-state index contributed by atoms with van der Waals surface area (Å²) in [6, 6.07) is 22.0. The van der Waals surface area contributed by atoms with Crippen LogP contribution in [-0.2, 0) is 6.54 Å². The lowest BCUT2D eigenvalue weighted by Gasteiger charge is -2.10. The van der Waals surface area contributed by atoms with Crippen LogP contribution in [0.5, 0.6) is 0 Å². The molecule has 0 saturated heterocycles. The normalized spacial score (nSPS) is 12.2. The zero-order chi connectivity index (χ0) is 22.9. The quantitative estimate of drug-likeness (QED) is 0.359. The van der Waals surface area contributed by atoms with Gasteiger partial charge in [0.25, 0.3) is 0 Å². The number of benzene rings is 3. The Hall–Kier alpha value is -3.90. The molecule has 1 N–H and O–H groups in total. The van der Waals surface area contributed by atoms with Gasteiger partial charge in [0, 0.05) is 18.9 Å². The predicted octanol–water partition coefficient (Wildman–Crippen LogP) is 6.10. The first kappa shape index (κ1) is 21.0. The highest BCUT2D eigenvalue weighted by Crippen LogP contribution is 2.28. The minimum Gasteiger partial charge on any atom is -0.389 e. The number of aliphatic hydroxyl groups is 1. The number of aliphatic hydroxyl groups excluding tert-OH is 1. The summed E-state index contributed by atoms with van der Waals surface area (Å²) in [5, 5.41) is 9.67. The average molecular weight is 441 g/mol. The van der Waals surface area contributed by atoms with Crippen LogP contribution in [0.15, 0.2) is 85.2 Å². The second kappa shape index (κ2) is 8.56. The fourth-order valence-corrected chi connectivity index (χ4v) is 3.81. The minimum atomic E-state index is -0.943. The maximum absolute atomic E-state index is 14.1. The summed E-state index contributed by atoms with van der Waals surface area (Å²) >= 11 is 0. The van der Waals surface area contributed by atoms with E-state index in [0.29, 0.717) is 17.9 Å². The van der Waals surface area contributed by atoms with Crippen LogP contribution in [0.1, 0.15) is 24.2 Å². The topological polar surface area (TPSA) is 50.9 Å². The Balaban J connectivity index is 1.36.